The van der Waals surface area contributed by atoms with Gasteiger partial charge < -0.3 is 8.98 Å². The van der Waals surface area contributed by atoms with Crippen LogP contribution in [-0.4, -0.2) is 18.5 Å². The van der Waals surface area contributed by atoms with E-state index in [9.17, 15) is 0 Å². The van der Waals surface area contributed by atoms with Gasteiger partial charge in [-0.25, -0.2) is 9.38 Å². The third-order valence-electron chi connectivity index (χ3n) is 7.65. The second-order valence-electron chi connectivity index (χ2n) is 9.71. The zero-order valence-corrected chi connectivity index (χ0v) is 20.2. The van der Waals surface area contributed by atoms with Crippen LogP contribution in [0.5, 0.6) is 0 Å². The van der Waals surface area contributed by atoms with Crippen LogP contribution >= 0.6 is 0 Å². The van der Waals surface area contributed by atoms with Gasteiger partial charge in [0, 0.05) is 21.8 Å². The zero-order chi connectivity index (χ0) is 24.8. The van der Waals surface area contributed by atoms with Crippen molar-refractivity contribution in [1.82, 2.24) is 18.5 Å². The second-order valence-corrected chi connectivity index (χ2v) is 9.71. The normalized spacial score (nSPS) is 12.2. The van der Waals surface area contributed by atoms with E-state index in [4.69, 9.17) is 9.40 Å². The fourth-order valence-corrected chi connectivity index (χ4v) is 6.05. The molecule has 0 spiro atoms. The molecule has 9 aromatic rings. The Morgan fingerprint density at radius 3 is 2.13 bits per heavy atom. The minimum atomic E-state index is 0.804. The maximum Gasteiger partial charge on any atom is 0.232 e. The summed E-state index contributed by atoms with van der Waals surface area (Å²) in [6.07, 6.45) is 0. The van der Waals surface area contributed by atoms with Crippen molar-refractivity contribution in [2.45, 2.75) is 0 Å². The molecular formula is C33H20N4O. The SMILES string of the molecule is c1ccc(-n2c3ccccc3c3ccc(-n4c5c6ccccc6oc5n5c6ccccc6nc45)cc32)cc1. The maximum atomic E-state index is 6.46. The van der Waals surface area contributed by atoms with Crippen molar-refractivity contribution in [3.63, 3.8) is 0 Å². The molecule has 178 valence electrons. The smallest absolute Gasteiger partial charge is 0.232 e. The minimum Gasteiger partial charge on any atom is -0.437 e. The lowest BCUT2D eigenvalue weighted by atomic mass is 10.1. The van der Waals surface area contributed by atoms with Gasteiger partial charge in [-0.1, -0.05) is 66.7 Å². The van der Waals surface area contributed by atoms with Gasteiger partial charge in [0.2, 0.25) is 11.5 Å². The number of hydrogen-bond acceptors (Lipinski definition) is 2. The molecule has 0 bridgehead atoms. The highest BCUT2D eigenvalue weighted by Gasteiger charge is 2.23. The van der Waals surface area contributed by atoms with E-state index in [0.29, 0.717) is 0 Å². The Labute approximate surface area is 216 Å². The first kappa shape index (κ1) is 19.8. The number of benzene rings is 5. The van der Waals surface area contributed by atoms with Crippen LogP contribution in [0.2, 0.25) is 0 Å². The van der Waals surface area contributed by atoms with E-state index in [1.165, 1.54) is 16.3 Å². The van der Waals surface area contributed by atoms with E-state index < -0.39 is 0 Å². The predicted octanol–water partition coefficient (Wildman–Crippen LogP) is 8.27. The number of rotatable bonds is 2. The van der Waals surface area contributed by atoms with Gasteiger partial charge in [0.15, 0.2) is 0 Å². The van der Waals surface area contributed by atoms with E-state index >= 15 is 0 Å². The topological polar surface area (TPSA) is 40.3 Å². The van der Waals surface area contributed by atoms with E-state index in [1.54, 1.807) is 0 Å². The van der Waals surface area contributed by atoms with Gasteiger partial charge in [-0.05, 0) is 54.6 Å². The maximum absolute atomic E-state index is 6.46. The number of imidazole rings is 2. The first-order valence-electron chi connectivity index (χ1n) is 12.7. The summed E-state index contributed by atoms with van der Waals surface area (Å²) >= 11 is 0. The van der Waals surface area contributed by atoms with Gasteiger partial charge in [-0.15, -0.1) is 0 Å². The molecule has 38 heavy (non-hydrogen) atoms. The molecule has 0 atom stereocenters. The molecule has 0 N–H and O–H groups in total. The number of aromatic nitrogens is 4. The van der Waals surface area contributed by atoms with Crippen LogP contribution in [0.4, 0.5) is 0 Å². The van der Waals surface area contributed by atoms with Gasteiger partial charge in [0.1, 0.15) is 11.1 Å². The lowest BCUT2D eigenvalue weighted by Gasteiger charge is -2.10. The van der Waals surface area contributed by atoms with Crippen molar-refractivity contribution in [2.24, 2.45) is 0 Å². The van der Waals surface area contributed by atoms with Crippen LogP contribution in [0.1, 0.15) is 0 Å². The number of nitrogens with zero attached hydrogens (tertiary/aromatic N) is 4. The molecule has 4 aromatic heterocycles. The molecule has 5 aromatic carbocycles. The number of para-hydroxylation sites is 5. The van der Waals surface area contributed by atoms with Crippen molar-refractivity contribution in [3.8, 4) is 11.4 Å². The standard InChI is InChI=1S/C33H20N4O/c1-2-10-21(11-3-1)35-27-15-7-4-12-23(27)24-19-18-22(20-29(24)35)36-31-25-13-5-9-17-30(25)38-32(31)37-28-16-8-6-14-26(28)34-33(36)37/h1-20H. The minimum absolute atomic E-state index is 0.804. The molecule has 0 saturated carbocycles. The van der Waals surface area contributed by atoms with Crippen molar-refractivity contribution >= 4 is 60.8 Å². The number of furan rings is 1. The second kappa shape index (κ2) is 7.14. The molecule has 0 fully saturated rings. The first-order valence-corrected chi connectivity index (χ1v) is 12.7. The van der Waals surface area contributed by atoms with E-state index in [2.05, 4.69) is 111 Å². The molecule has 0 unspecified atom stereocenters. The quantitative estimate of drug-likeness (QED) is 0.246. The molecule has 0 amide bonds. The number of fused-ring (bicyclic) bond motifs is 10. The van der Waals surface area contributed by atoms with Crippen LogP contribution in [0.25, 0.3) is 72.2 Å². The molecule has 0 saturated heterocycles. The Morgan fingerprint density at radius 1 is 0.526 bits per heavy atom. The van der Waals surface area contributed by atoms with Crippen LogP contribution in [0.3, 0.4) is 0 Å². The Balaban J connectivity index is 1.46. The molecule has 0 aliphatic carbocycles. The van der Waals surface area contributed by atoms with Gasteiger partial charge in [-0.2, -0.15) is 0 Å². The molecule has 9 rings (SSSR count). The first-order chi connectivity index (χ1) is 18.9. The van der Waals surface area contributed by atoms with E-state index in [-0.39, 0.29) is 0 Å². The van der Waals surface area contributed by atoms with E-state index in [1.807, 2.05) is 24.3 Å². The zero-order valence-electron chi connectivity index (χ0n) is 20.2. The summed E-state index contributed by atoms with van der Waals surface area (Å²) in [6, 6.07) is 42.3. The lowest BCUT2D eigenvalue weighted by Crippen LogP contribution is -1.97. The Morgan fingerprint density at radius 2 is 1.24 bits per heavy atom. The van der Waals surface area contributed by atoms with Crippen molar-refractivity contribution in [2.75, 3.05) is 0 Å². The highest BCUT2D eigenvalue weighted by atomic mass is 16.3. The third-order valence-corrected chi connectivity index (χ3v) is 7.65. The van der Waals surface area contributed by atoms with Gasteiger partial charge >= 0.3 is 0 Å². The van der Waals surface area contributed by atoms with Crippen molar-refractivity contribution in [3.05, 3.63) is 121 Å². The van der Waals surface area contributed by atoms with Gasteiger partial charge in [-0.3, -0.25) is 4.57 Å². The molecule has 4 heterocycles. The van der Waals surface area contributed by atoms with E-state index in [0.717, 1.165) is 55.9 Å². The number of hydrogen-bond donors (Lipinski definition) is 0. The summed E-state index contributed by atoms with van der Waals surface area (Å²) in [5, 5.41) is 3.53. The summed E-state index contributed by atoms with van der Waals surface area (Å²) in [5.74, 6) is 0.840. The molecule has 0 radical (unpaired) electrons. The average Bonchev–Trinajstić information content (AvgIpc) is 3.69. The monoisotopic (exact) mass is 488 g/mol. The summed E-state index contributed by atoms with van der Waals surface area (Å²) in [6.45, 7) is 0. The Hall–Kier alpha value is -5.29. The molecular weight excluding hydrogens is 468 g/mol. The van der Waals surface area contributed by atoms with Crippen LogP contribution < -0.4 is 0 Å². The highest BCUT2D eigenvalue weighted by molar-refractivity contribution is 6.10. The predicted molar refractivity (Wildman–Crippen MR) is 154 cm³/mol. The fourth-order valence-electron chi connectivity index (χ4n) is 6.05. The molecule has 5 nitrogen and oxygen atoms in total. The highest BCUT2D eigenvalue weighted by Crippen LogP contribution is 2.38. The Kier molecular flexibility index (Phi) is 3.73. The molecule has 5 heteroatoms. The summed E-state index contributed by atoms with van der Waals surface area (Å²) in [7, 11) is 0. The van der Waals surface area contributed by atoms with Crippen molar-refractivity contribution < 1.29 is 4.42 Å². The summed E-state index contributed by atoms with van der Waals surface area (Å²) in [4.78, 5) is 5.07. The molecule has 0 aliphatic heterocycles. The molecule has 0 aliphatic rings. The lowest BCUT2D eigenvalue weighted by molar-refractivity contribution is 0.651. The summed E-state index contributed by atoms with van der Waals surface area (Å²) in [5.41, 5.74) is 9.19. The third kappa shape index (κ3) is 2.47. The van der Waals surface area contributed by atoms with Crippen molar-refractivity contribution in [1.29, 1.82) is 0 Å². The average molecular weight is 489 g/mol. The fraction of sp³-hybridized carbons (Fsp3) is 0. The van der Waals surface area contributed by atoms with Crippen LogP contribution in [-0.2, 0) is 0 Å². The van der Waals surface area contributed by atoms with Crippen LogP contribution in [0, 0.1) is 0 Å². The van der Waals surface area contributed by atoms with Gasteiger partial charge in [0.25, 0.3) is 0 Å². The largest absolute Gasteiger partial charge is 0.437 e. The van der Waals surface area contributed by atoms with Gasteiger partial charge in [0.05, 0.1) is 27.8 Å². The van der Waals surface area contributed by atoms with Crippen LogP contribution in [0.15, 0.2) is 126 Å². The Bertz CT molecular complexity index is 2350. The summed E-state index contributed by atoms with van der Waals surface area (Å²) < 4.78 is 13.2.